The lowest BCUT2D eigenvalue weighted by atomic mass is 10.0. The molecule has 0 radical (unpaired) electrons. The quantitative estimate of drug-likeness (QED) is 0.839. The molecule has 3 rings (SSSR count). The molecule has 2 aromatic rings. The summed E-state index contributed by atoms with van der Waals surface area (Å²) in [4.78, 5) is 14.7. The monoisotopic (exact) mass is 329 g/mol. The Morgan fingerprint density at radius 2 is 1.96 bits per heavy atom. The zero-order valence-electron chi connectivity index (χ0n) is 13.2. The summed E-state index contributed by atoms with van der Waals surface area (Å²) in [6.45, 7) is 0.797. The fraction of sp³-hybridized carbons (Fsp3) is 0.316. The molecule has 1 aliphatic rings. The number of ether oxygens (including phenoxy) is 1. The normalized spacial score (nSPS) is 17.3. The van der Waals surface area contributed by atoms with E-state index in [1.165, 1.54) is 0 Å². The van der Waals surface area contributed by atoms with Gasteiger partial charge >= 0.3 is 0 Å². The van der Waals surface area contributed by atoms with Gasteiger partial charge in [-0.1, -0.05) is 41.9 Å². The molecule has 1 amide bonds. The molecule has 0 aliphatic carbocycles. The summed E-state index contributed by atoms with van der Waals surface area (Å²) in [5, 5.41) is 0.738. The maximum Gasteiger partial charge on any atom is 0.227 e. The Morgan fingerprint density at radius 1 is 1.22 bits per heavy atom. The van der Waals surface area contributed by atoms with Crippen molar-refractivity contribution in [2.75, 3.05) is 13.7 Å². The fourth-order valence-electron chi connectivity index (χ4n) is 3.15. The summed E-state index contributed by atoms with van der Waals surface area (Å²) < 4.78 is 5.15. The molecule has 2 aromatic carbocycles. The Hall–Kier alpha value is -2.00. The molecule has 0 bridgehead atoms. The van der Waals surface area contributed by atoms with Gasteiger partial charge in [-0.25, -0.2) is 0 Å². The van der Waals surface area contributed by atoms with Gasteiger partial charge in [-0.2, -0.15) is 0 Å². The van der Waals surface area contributed by atoms with Gasteiger partial charge in [-0.05, 0) is 42.2 Å². The Kier molecular flexibility index (Phi) is 4.87. The van der Waals surface area contributed by atoms with E-state index < -0.39 is 0 Å². The lowest BCUT2D eigenvalue weighted by Crippen LogP contribution is -2.31. The first-order valence-electron chi connectivity index (χ1n) is 7.86. The highest BCUT2D eigenvalue weighted by molar-refractivity contribution is 6.31. The lowest BCUT2D eigenvalue weighted by Gasteiger charge is -2.26. The standard InChI is InChI=1S/C19H20ClNO2/c1-23-15-10-8-14(9-11-15)13-19(22)21-12-4-7-18(21)16-5-2-3-6-17(16)20/h2-3,5-6,8-11,18H,4,7,12-13H2,1H3. The van der Waals surface area contributed by atoms with E-state index in [0.717, 1.165) is 41.3 Å². The molecule has 1 aliphatic heterocycles. The number of nitrogens with zero attached hydrogens (tertiary/aromatic N) is 1. The Morgan fingerprint density at radius 3 is 2.65 bits per heavy atom. The Balaban J connectivity index is 1.74. The van der Waals surface area contributed by atoms with E-state index in [4.69, 9.17) is 16.3 Å². The number of rotatable bonds is 4. The fourth-order valence-corrected chi connectivity index (χ4v) is 3.42. The van der Waals surface area contributed by atoms with Crippen LogP contribution in [0, 0.1) is 0 Å². The highest BCUT2D eigenvalue weighted by atomic mass is 35.5. The molecule has 120 valence electrons. The van der Waals surface area contributed by atoms with E-state index in [1.54, 1.807) is 7.11 Å². The highest BCUT2D eigenvalue weighted by Crippen LogP contribution is 2.36. The summed E-state index contributed by atoms with van der Waals surface area (Å²) in [6, 6.07) is 15.6. The highest BCUT2D eigenvalue weighted by Gasteiger charge is 2.30. The molecule has 0 spiro atoms. The second kappa shape index (κ2) is 7.05. The average Bonchev–Trinajstić information content (AvgIpc) is 3.05. The van der Waals surface area contributed by atoms with Crippen LogP contribution in [0.15, 0.2) is 48.5 Å². The Labute approximate surface area is 141 Å². The minimum Gasteiger partial charge on any atom is -0.497 e. The van der Waals surface area contributed by atoms with Gasteiger partial charge in [-0.3, -0.25) is 4.79 Å². The first-order valence-corrected chi connectivity index (χ1v) is 8.23. The molecule has 0 aromatic heterocycles. The largest absolute Gasteiger partial charge is 0.497 e. The van der Waals surface area contributed by atoms with Gasteiger partial charge in [0.05, 0.1) is 19.6 Å². The van der Waals surface area contributed by atoms with Gasteiger partial charge in [0.1, 0.15) is 5.75 Å². The first kappa shape index (κ1) is 15.9. The van der Waals surface area contributed by atoms with Gasteiger partial charge in [0, 0.05) is 11.6 Å². The molecule has 1 atom stereocenters. The van der Waals surface area contributed by atoms with Crippen molar-refractivity contribution in [3.05, 3.63) is 64.7 Å². The van der Waals surface area contributed by atoms with E-state index in [0.29, 0.717) is 6.42 Å². The predicted octanol–water partition coefficient (Wildman–Crippen LogP) is 4.25. The molecule has 1 fully saturated rings. The smallest absolute Gasteiger partial charge is 0.227 e. The molecule has 1 unspecified atom stereocenters. The number of methoxy groups -OCH3 is 1. The molecular formula is C19H20ClNO2. The number of benzene rings is 2. The van der Waals surface area contributed by atoms with E-state index >= 15 is 0 Å². The van der Waals surface area contributed by atoms with Crippen LogP contribution in [-0.4, -0.2) is 24.5 Å². The van der Waals surface area contributed by atoms with Crippen LogP contribution in [0.5, 0.6) is 5.75 Å². The van der Waals surface area contributed by atoms with Crippen LogP contribution in [0.4, 0.5) is 0 Å². The van der Waals surface area contributed by atoms with Crippen molar-refractivity contribution in [1.29, 1.82) is 0 Å². The third-order valence-electron chi connectivity index (χ3n) is 4.35. The molecule has 4 heteroatoms. The molecule has 1 heterocycles. The van der Waals surface area contributed by atoms with E-state index in [2.05, 4.69) is 0 Å². The van der Waals surface area contributed by atoms with E-state index in [-0.39, 0.29) is 11.9 Å². The predicted molar refractivity (Wildman–Crippen MR) is 91.8 cm³/mol. The number of hydrogen-bond acceptors (Lipinski definition) is 2. The zero-order chi connectivity index (χ0) is 16.2. The van der Waals surface area contributed by atoms with Crippen molar-refractivity contribution in [1.82, 2.24) is 4.90 Å². The van der Waals surface area contributed by atoms with Crippen LogP contribution in [0.3, 0.4) is 0 Å². The minimum atomic E-state index is 0.0921. The van der Waals surface area contributed by atoms with E-state index in [1.807, 2.05) is 53.4 Å². The number of carbonyl (C=O) groups excluding carboxylic acids is 1. The maximum absolute atomic E-state index is 12.7. The maximum atomic E-state index is 12.7. The van der Waals surface area contributed by atoms with E-state index in [9.17, 15) is 4.79 Å². The molecule has 23 heavy (non-hydrogen) atoms. The zero-order valence-corrected chi connectivity index (χ0v) is 13.9. The van der Waals surface area contributed by atoms with Crippen molar-refractivity contribution in [3.8, 4) is 5.75 Å². The van der Waals surface area contributed by atoms with Gasteiger partial charge in [0.2, 0.25) is 5.91 Å². The van der Waals surface area contributed by atoms with Crippen LogP contribution in [0.2, 0.25) is 5.02 Å². The molecule has 0 saturated carbocycles. The third kappa shape index (κ3) is 3.50. The van der Waals surface area contributed by atoms with Crippen molar-refractivity contribution in [2.45, 2.75) is 25.3 Å². The number of halogens is 1. The molecule has 3 nitrogen and oxygen atoms in total. The van der Waals surface area contributed by atoms with Gasteiger partial charge in [0.25, 0.3) is 0 Å². The molecular weight excluding hydrogens is 310 g/mol. The van der Waals surface area contributed by atoms with Gasteiger partial charge < -0.3 is 9.64 Å². The van der Waals surface area contributed by atoms with Gasteiger partial charge in [-0.15, -0.1) is 0 Å². The topological polar surface area (TPSA) is 29.5 Å². The van der Waals surface area contributed by atoms with Crippen molar-refractivity contribution in [2.24, 2.45) is 0 Å². The molecule has 1 saturated heterocycles. The number of likely N-dealkylation sites (tertiary alicyclic amines) is 1. The summed E-state index contributed by atoms with van der Waals surface area (Å²) in [7, 11) is 1.64. The summed E-state index contributed by atoms with van der Waals surface area (Å²) in [6.07, 6.45) is 2.40. The van der Waals surface area contributed by atoms with Crippen LogP contribution in [-0.2, 0) is 11.2 Å². The molecule has 0 N–H and O–H groups in total. The number of carbonyl (C=O) groups is 1. The summed E-state index contributed by atoms with van der Waals surface area (Å²) in [5.41, 5.74) is 2.05. The summed E-state index contributed by atoms with van der Waals surface area (Å²) >= 11 is 6.32. The van der Waals surface area contributed by atoms with Crippen LogP contribution in [0.25, 0.3) is 0 Å². The van der Waals surface area contributed by atoms with Crippen LogP contribution >= 0.6 is 11.6 Å². The summed E-state index contributed by atoms with van der Waals surface area (Å²) in [5.74, 6) is 0.953. The second-order valence-corrected chi connectivity index (χ2v) is 6.20. The van der Waals surface area contributed by atoms with Crippen LogP contribution in [0.1, 0.15) is 30.0 Å². The van der Waals surface area contributed by atoms with Crippen molar-refractivity contribution in [3.63, 3.8) is 0 Å². The third-order valence-corrected chi connectivity index (χ3v) is 4.70. The SMILES string of the molecule is COc1ccc(CC(=O)N2CCCC2c2ccccc2Cl)cc1. The first-order chi connectivity index (χ1) is 11.2. The second-order valence-electron chi connectivity index (χ2n) is 5.79. The number of amides is 1. The minimum absolute atomic E-state index is 0.0921. The number of hydrogen-bond donors (Lipinski definition) is 0. The van der Waals surface area contributed by atoms with Crippen molar-refractivity contribution >= 4 is 17.5 Å². The average molecular weight is 330 g/mol. The lowest BCUT2D eigenvalue weighted by molar-refractivity contribution is -0.131. The van der Waals surface area contributed by atoms with Crippen LogP contribution < -0.4 is 4.74 Å². The van der Waals surface area contributed by atoms with Gasteiger partial charge in [0.15, 0.2) is 0 Å². The van der Waals surface area contributed by atoms with Crippen molar-refractivity contribution < 1.29 is 9.53 Å². The Bertz CT molecular complexity index is 684.